The molecule has 0 bridgehead atoms. The molecule has 0 aliphatic heterocycles. The lowest BCUT2D eigenvalue weighted by atomic mass is 10.1. The maximum absolute atomic E-state index is 12.0. The smallest absolute Gasteiger partial charge is 0.422 e. The van der Waals surface area contributed by atoms with E-state index >= 15 is 0 Å². The zero-order valence-electron chi connectivity index (χ0n) is 13.7. The Labute approximate surface area is 134 Å². The van der Waals surface area contributed by atoms with Crippen LogP contribution in [-0.2, 0) is 6.54 Å². The van der Waals surface area contributed by atoms with Gasteiger partial charge >= 0.3 is 6.18 Å². The van der Waals surface area contributed by atoms with Crippen molar-refractivity contribution < 1.29 is 17.9 Å². The second-order valence-electron chi connectivity index (χ2n) is 5.51. The van der Waals surface area contributed by atoms with Crippen LogP contribution in [0.2, 0.25) is 0 Å². The molecule has 1 atom stereocenters. The van der Waals surface area contributed by atoms with Gasteiger partial charge in [0.25, 0.3) is 0 Å². The number of nitrogens with one attached hydrogen (secondary N) is 2. The molecule has 0 amide bonds. The molecule has 0 saturated carbocycles. The van der Waals surface area contributed by atoms with E-state index in [4.69, 9.17) is 0 Å². The zero-order valence-corrected chi connectivity index (χ0v) is 13.7. The molecular formula is C15H23F3N4O. The molecule has 2 N–H and O–H groups in total. The van der Waals surface area contributed by atoms with Gasteiger partial charge in [0.15, 0.2) is 12.6 Å². The first-order valence-electron chi connectivity index (χ1n) is 7.33. The molecule has 1 aromatic heterocycles. The first-order chi connectivity index (χ1) is 10.7. The Bertz CT molecular complexity index is 500. The van der Waals surface area contributed by atoms with Crippen LogP contribution in [0.3, 0.4) is 0 Å². The first kappa shape index (κ1) is 19.1. The molecule has 0 saturated heterocycles. The van der Waals surface area contributed by atoms with Crippen molar-refractivity contribution in [1.29, 1.82) is 0 Å². The predicted octanol–water partition coefficient (Wildman–Crippen LogP) is 2.73. The highest BCUT2D eigenvalue weighted by Crippen LogP contribution is 2.16. The van der Waals surface area contributed by atoms with Crippen molar-refractivity contribution in [2.75, 3.05) is 13.7 Å². The number of alkyl halides is 3. The molecule has 5 nitrogen and oxygen atoms in total. The molecule has 1 rings (SSSR count). The number of ether oxygens (including phenoxy) is 1. The maximum Gasteiger partial charge on any atom is 0.422 e. The van der Waals surface area contributed by atoms with Crippen molar-refractivity contribution in [3.05, 3.63) is 23.9 Å². The lowest BCUT2D eigenvalue weighted by Gasteiger charge is -2.20. The van der Waals surface area contributed by atoms with Gasteiger partial charge in [-0.15, -0.1) is 0 Å². The summed E-state index contributed by atoms with van der Waals surface area (Å²) in [7, 11) is 1.68. The molecule has 23 heavy (non-hydrogen) atoms. The van der Waals surface area contributed by atoms with E-state index in [0.717, 1.165) is 5.56 Å². The Morgan fingerprint density at radius 2 is 2.00 bits per heavy atom. The number of hydrogen-bond acceptors (Lipinski definition) is 3. The molecule has 0 aliphatic carbocycles. The summed E-state index contributed by atoms with van der Waals surface area (Å²) in [4.78, 5) is 7.98. The number of aliphatic imine (C=N–C) groups is 1. The molecule has 0 fully saturated rings. The number of halogens is 3. The summed E-state index contributed by atoms with van der Waals surface area (Å²) < 4.78 is 40.7. The number of nitrogens with zero attached hydrogens (tertiary/aromatic N) is 2. The van der Waals surface area contributed by atoms with Crippen LogP contribution in [0.25, 0.3) is 0 Å². The van der Waals surface area contributed by atoms with Crippen molar-refractivity contribution in [3.63, 3.8) is 0 Å². The third kappa shape index (κ3) is 7.71. The van der Waals surface area contributed by atoms with Gasteiger partial charge in [-0.2, -0.15) is 13.2 Å². The summed E-state index contributed by atoms with van der Waals surface area (Å²) in [5, 5.41) is 6.38. The van der Waals surface area contributed by atoms with E-state index in [2.05, 4.69) is 46.1 Å². The number of guanidine groups is 1. The maximum atomic E-state index is 12.0. The standard InChI is InChI=1S/C15H23F3N4O/c1-10(2)11(3)22-14(19-4)21-8-12-5-6-13(20-7-12)23-9-15(16,17)18/h5-7,10-11H,8-9H2,1-4H3,(H2,19,21,22). The lowest BCUT2D eigenvalue weighted by molar-refractivity contribution is -0.154. The van der Waals surface area contributed by atoms with Gasteiger partial charge in [0.2, 0.25) is 5.88 Å². The van der Waals surface area contributed by atoms with E-state index in [1.165, 1.54) is 12.3 Å². The third-order valence-corrected chi connectivity index (χ3v) is 3.23. The summed E-state index contributed by atoms with van der Waals surface area (Å²) in [6.07, 6.45) is -2.90. The Kier molecular flexibility index (Phi) is 7.12. The molecule has 1 unspecified atom stereocenters. The van der Waals surface area contributed by atoms with Gasteiger partial charge in [-0.3, -0.25) is 4.99 Å². The summed E-state index contributed by atoms with van der Waals surface area (Å²) >= 11 is 0. The minimum Gasteiger partial charge on any atom is -0.468 e. The van der Waals surface area contributed by atoms with Crippen LogP contribution in [0, 0.1) is 5.92 Å². The lowest BCUT2D eigenvalue weighted by Crippen LogP contribution is -2.43. The molecule has 0 aromatic carbocycles. The van der Waals surface area contributed by atoms with E-state index in [-0.39, 0.29) is 11.9 Å². The molecule has 130 valence electrons. The summed E-state index contributed by atoms with van der Waals surface area (Å²) in [6.45, 7) is 5.38. The van der Waals surface area contributed by atoms with Gasteiger partial charge in [-0.25, -0.2) is 4.98 Å². The fourth-order valence-corrected chi connectivity index (χ4v) is 1.52. The summed E-state index contributed by atoms with van der Waals surface area (Å²) in [6, 6.07) is 3.33. The number of hydrogen-bond donors (Lipinski definition) is 2. The van der Waals surface area contributed by atoms with E-state index in [9.17, 15) is 13.2 Å². The molecule has 8 heteroatoms. The summed E-state index contributed by atoms with van der Waals surface area (Å²) in [5.41, 5.74) is 0.810. The minimum absolute atomic E-state index is 0.0537. The van der Waals surface area contributed by atoms with E-state index in [1.54, 1.807) is 13.1 Å². The Hall–Kier alpha value is -1.99. The van der Waals surface area contributed by atoms with Crippen molar-refractivity contribution in [2.45, 2.75) is 39.5 Å². The van der Waals surface area contributed by atoms with Crippen molar-refractivity contribution in [1.82, 2.24) is 15.6 Å². The van der Waals surface area contributed by atoms with E-state index < -0.39 is 12.8 Å². The van der Waals surface area contributed by atoms with Crippen LogP contribution in [0.4, 0.5) is 13.2 Å². The average molecular weight is 332 g/mol. The molecule has 0 spiro atoms. The number of rotatable bonds is 6. The normalized spacial score (nSPS) is 13.8. The fourth-order valence-electron chi connectivity index (χ4n) is 1.52. The molecule has 1 heterocycles. The number of aromatic nitrogens is 1. The van der Waals surface area contributed by atoms with Crippen LogP contribution in [0.1, 0.15) is 26.3 Å². The Morgan fingerprint density at radius 1 is 1.30 bits per heavy atom. The molecule has 0 aliphatic rings. The van der Waals surface area contributed by atoms with Crippen LogP contribution < -0.4 is 15.4 Å². The Morgan fingerprint density at radius 3 is 2.48 bits per heavy atom. The Balaban J connectivity index is 2.48. The highest BCUT2D eigenvalue weighted by molar-refractivity contribution is 5.79. The van der Waals surface area contributed by atoms with Gasteiger partial charge < -0.3 is 15.4 Å². The molecule has 1 aromatic rings. The highest BCUT2D eigenvalue weighted by Gasteiger charge is 2.28. The fraction of sp³-hybridized carbons (Fsp3) is 0.600. The van der Waals surface area contributed by atoms with Crippen LogP contribution in [0.15, 0.2) is 23.3 Å². The highest BCUT2D eigenvalue weighted by atomic mass is 19.4. The number of pyridine rings is 1. The second kappa shape index (κ2) is 8.59. The van der Waals surface area contributed by atoms with E-state index in [1.807, 2.05) is 0 Å². The molecule has 0 radical (unpaired) electrons. The van der Waals surface area contributed by atoms with Crippen LogP contribution >= 0.6 is 0 Å². The quantitative estimate of drug-likeness (QED) is 0.621. The van der Waals surface area contributed by atoms with Gasteiger partial charge in [-0.05, 0) is 18.4 Å². The first-order valence-corrected chi connectivity index (χ1v) is 7.33. The topological polar surface area (TPSA) is 58.5 Å². The predicted molar refractivity (Wildman–Crippen MR) is 83.4 cm³/mol. The zero-order chi connectivity index (χ0) is 17.5. The van der Waals surface area contributed by atoms with Crippen molar-refractivity contribution >= 4 is 5.96 Å². The van der Waals surface area contributed by atoms with Gasteiger partial charge in [0, 0.05) is 31.9 Å². The van der Waals surface area contributed by atoms with Crippen LogP contribution in [0.5, 0.6) is 5.88 Å². The SMILES string of the molecule is CN=C(NCc1ccc(OCC(F)(F)F)nc1)NC(C)C(C)C. The van der Waals surface area contributed by atoms with Crippen LogP contribution in [-0.4, -0.2) is 36.8 Å². The summed E-state index contributed by atoms with van der Waals surface area (Å²) in [5.74, 6) is 1.06. The minimum atomic E-state index is -4.37. The molecular weight excluding hydrogens is 309 g/mol. The average Bonchev–Trinajstić information content (AvgIpc) is 2.49. The third-order valence-electron chi connectivity index (χ3n) is 3.23. The van der Waals surface area contributed by atoms with Gasteiger partial charge in [0.1, 0.15) is 0 Å². The van der Waals surface area contributed by atoms with Gasteiger partial charge in [-0.1, -0.05) is 19.9 Å². The monoisotopic (exact) mass is 332 g/mol. The second-order valence-corrected chi connectivity index (χ2v) is 5.51. The largest absolute Gasteiger partial charge is 0.468 e. The van der Waals surface area contributed by atoms with E-state index in [0.29, 0.717) is 18.4 Å². The van der Waals surface area contributed by atoms with Crippen molar-refractivity contribution in [2.24, 2.45) is 10.9 Å². The van der Waals surface area contributed by atoms with Crippen molar-refractivity contribution in [3.8, 4) is 5.88 Å². The van der Waals surface area contributed by atoms with Gasteiger partial charge in [0.05, 0.1) is 0 Å².